The molecule has 2 unspecified atom stereocenters. The summed E-state index contributed by atoms with van der Waals surface area (Å²) in [5, 5.41) is 0.361. The minimum Gasteiger partial charge on any atom is -0.127 e. The van der Waals surface area contributed by atoms with Gasteiger partial charge in [0.15, 0.2) is 0 Å². The van der Waals surface area contributed by atoms with Gasteiger partial charge in [-0.3, -0.25) is 0 Å². The van der Waals surface area contributed by atoms with E-state index in [0.717, 1.165) is 31.1 Å². The molecule has 0 aromatic rings. The van der Waals surface area contributed by atoms with Crippen molar-refractivity contribution in [3.05, 3.63) is 0 Å². The second kappa shape index (κ2) is 7.24. The van der Waals surface area contributed by atoms with E-state index in [1.807, 2.05) is 0 Å². The van der Waals surface area contributed by atoms with E-state index < -0.39 is 0 Å². The number of rotatable bonds is 6. The van der Waals surface area contributed by atoms with Crippen molar-refractivity contribution in [3.8, 4) is 0 Å². The molecule has 0 heterocycles. The molecule has 0 saturated heterocycles. The Bertz CT molecular complexity index is 83.6. The first-order chi connectivity index (χ1) is 5.20. The molecule has 0 spiro atoms. The summed E-state index contributed by atoms with van der Waals surface area (Å²) in [7, 11) is 0. The SMILES string of the molecule is CCC(Cl)CC(C)CCCCl. The fourth-order valence-corrected chi connectivity index (χ4v) is 1.61. The lowest BCUT2D eigenvalue weighted by Crippen LogP contribution is -2.04. The molecule has 0 bridgehead atoms. The van der Waals surface area contributed by atoms with Crippen LogP contribution in [0.4, 0.5) is 0 Å². The van der Waals surface area contributed by atoms with Crippen LogP contribution in [0.1, 0.15) is 39.5 Å². The Morgan fingerprint density at radius 1 is 1.36 bits per heavy atom. The highest BCUT2D eigenvalue weighted by Gasteiger charge is 2.07. The van der Waals surface area contributed by atoms with Gasteiger partial charge in [-0.05, 0) is 31.6 Å². The third-order valence-electron chi connectivity index (χ3n) is 1.93. The van der Waals surface area contributed by atoms with Gasteiger partial charge >= 0.3 is 0 Å². The number of alkyl halides is 2. The molecule has 2 atom stereocenters. The zero-order chi connectivity index (χ0) is 8.69. The molecule has 0 aliphatic rings. The van der Waals surface area contributed by atoms with Crippen LogP contribution in [-0.4, -0.2) is 11.3 Å². The van der Waals surface area contributed by atoms with Crippen molar-refractivity contribution in [2.24, 2.45) is 5.92 Å². The molecular weight excluding hydrogens is 179 g/mol. The number of halogens is 2. The van der Waals surface area contributed by atoms with E-state index in [9.17, 15) is 0 Å². The lowest BCUT2D eigenvalue weighted by atomic mass is 9.99. The molecule has 11 heavy (non-hydrogen) atoms. The summed E-state index contributed by atoms with van der Waals surface area (Å²) in [5.74, 6) is 1.51. The summed E-state index contributed by atoms with van der Waals surface area (Å²) < 4.78 is 0. The van der Waals surface area contributed by atoms with Crippen molar-refractivity contribution >= 4 is 23.2 Å². The standard InChI is InChI=1S/C9H18Cl2/c1-3-9(11)7-8(2)5-4-6-10/h8-9H,3-7H2,1-2H3. The maximum atomic E-state index is 6.01. The molecule has 0 aromatic carbocycles. The fraction of sp³-hybridized carbons (Fsp3) is 1.00. The molecule has 0 amide bonds. The molecule has 0 radical (unpaired) electrons. The van der Waals surface area contributed by atoms with E-state index >= 15 is 0 Å². The van der Waals surface area contributed by atoms with Crippen LogP contribution in [0.2, 0.25) is 0 Å². The van der Waals surface area contributed by atoms with Gasteiger partial charge in [0.25, 0.3) is 0 Å². The second-order valence-electron chi connectivity index (χ2n) is 3.18. The van der Waals surface area contributed by atoms with Crippen molar-refractivity contribution in [2.75, 3.05) is 5.88 Å². The average Bonchev–Trinajstić information content (AvgIpc) is 2.00. The lowest BCUT2D eigenvalue weighted by molar-refractivity contribution is 0.471. The van der Waals surface area contributed by atoms with Crippen molar-refractivity contribution in [1.82, 2.24) is 0 Å². The van der Waals surface area contributed by atoms with E-state index in [1.54, 1.807) is 0 Å². The average molecular weight is 197 g/mol. The zero-order valence-electron chi connectivity index (χ0n) is 7.45. The Morgan fingerprint density at radius 3 is 2.45 bits per heavy atom. The van der Waals surface area contributed by atoms with E-state index in [2.05, 4.69) is 13.8 Å². The Labute approximate surface area is 80.3 Å². The van der Waals surface area contributed by atoms with Gasteiger partial charge in [0.2, 0.25) is 0 Å². The molecule has 0 aromatic heterocycles. The summed E-state index contributed by atoms with van der Waals surface area (Å²) in [6.45, 7) is 4.38. The third-order valence-corrected chi connectivity index (χ3v) is 2.69. The monoisotopic (exact) mass is 196 g/mol. The van der Waals surface area contributed by atoms with Gasteiger partial charge in [-0.15, -0.1) is 23.2 Å². The quantitative estimate of drug-likeness (QED) is 0.563. The summed E-state index contributed by atoms with van der Waals surface area (Å²) in [6, 6.07) is 0. The molecule has 68 valence electrons. The van der Waals surface area contributed by atoms with Gasteiger partial charge in [-0.2, -0.15) is 0 Å². The van der Waals surface area contributed by atoms with Gasteiger partial charge < -0.3 is 0 Å². The van der Waals surface area contributed by atoms with Gasteiger partial charge in [0, 0.05) is 11.3 Å². The van der Waals surface area contributed by atoms with Crippen LogP contribution >= 0.6 is 23.2 Å². The van der Waals surface area contributed by atoms with Crippen LogP contribution in [0.5, 0.6) is 0 Å². The Morgan fingerprint density at radius 2 is 2.00 bits per heavy atom. The first kappa shape index (κ1) is 11.6. The van der Waals surface area contributed by atoms with Crippen LogP contribution in [0, 0.1) is 5.92 Å². The van der Waals surface area contributed by atoms with Gasteiger partial charge in [0.05, 0.1) is 0 Å². The van der Waals surface area contributed by atoms with Gasteiger partial charge in [-0.1, -0.05) is 13.8 Å². The second-order valence-corrected chi connectivity index (χ2v) is 4.17. The third kappa shape index (κ3) is 6.96. The molecule has 0 aliphatic heterocycles. The first-order valence-electron chi connectivity index (χ1n) is 4.40. The predicted octanol–water partition coefficient (Wildman–Crippen LogP) is 4.05. The number of hydrogen-bond acceptors (Lipinski definition) is 0. The topological polar surface area (TPSA) is 0 Å². The molecule has 0 saturated carbocycles. The first-order valence-corrected chi connectivity index (χ1v) is 5.37. The van der Waals surface area contributed by atoms with Crippen LogP contribution in [-0.2, 0) is 0 Å². The van der Waals surface area contributed by atoms with E-state index in [4.69, 9.17) is 23.2 Å². The van der Waals surface area contributed by atoms with Crippen LogP contribution in [0.25, 0.3) is 0 Å². The Kier molecular flexibility index (Phi) is 7.62. The normalized spacial score (nSPS) is 16.4. The fourth-order valence-electron chi connectivity index (χ4n) is 1.15. The highest BCUT2D eigenvalue weighted by atomic mass is 35.5. The van der Waals surface area contributed by atoms with Crippen molar-refractivity contribution in [2.45, 2.75) is 44.9 Å². The Balaban J connectivity index is 3.27. The number of hydrogen-bond donors (Lipinski definition) is 0. The van der Waals surface area contributed by atoms with E-state index in [0.29, 0.717) is 5.38 Å². The molecule has 0 nitrogen and oxygen atoms in total. The van der Waals surface area contributed by atoms with Gasteiger partial charge in [0.1, 0.15) is 0 Å². The Hall–Kier alpha value is 0.580. The smallest absolute Gasteiger partial charge is 0.0336 e. The molecule has 0 aliphatic carbocycles. The molecular formula is C9H18Cl2. The van der Waals surface area contributed by atoms with Crippen molar-refractivity contribution in [3.63, 3.8) is 0 Å². The van der Waals surface area contributed by atoms with Crippen LogP contribution in [0.15, 0.2) is 0 Å². The minimum atomic E-state index is 0.361. The van der Waals surface area contributed by atoms with Crippen molar-refractivity contribution < 1.29 is 0 Å². The summed E-state index contributed by atoms with van der Waals surface area (Å²) in [6.07, 6.45) is 4.55. The lowest BCUT2D eigenvalue weighted by Gasteiger charge is -2.13. The van der Waals surface area contributed by atoms with Crippen LogP contribution in [0.3, 0.4) is 0 Å². The highest BCUT2D eigenvalue weighted by molar-refractivity contribution is 6.20. The van der Waals surface area contributed by atoms with E-state index in [-0.39, 0.29) is 0 Å². The molecule has 0 fully saturated rings. The summed E-state index contributed by atoms with van der Waals surface area (Å²) in [4.78, 5) is 0. The highest BCUT2D eigenvalue weighted by Crippen LogP contribution is 2.18. The van der Waals surface area contributed by atoms with Crippen LogP contribution < -0.4 is 0 Å². The largest absolute Gasteiger partial charge is 0.127 e. The maximum absolute atomic E-state index is 6.01. The maximum Gasteiger partial charge on any atom is 0.0336 e. The van der Waals surface area contributed by atoms with Crippen molar-refractivity contribution in [1.29, 1.82) is 0 Å². The zero-order valence-corrected chi connectivity index (χ0v) is 8.96. The molecule has 0 N–H and O–H groups in total. The minimum absolute atomic E-state index is 0.361. The molecule has 2 heteroatoms. The summed E-state index contributed by atoms with van der Waals surface area (Å²) >= 11 is 11.6. The van der Waals surface area contributed by atoms with E-state index in [1.165, 1.54) is 6.42 Å². The predicted molar refractivity (Wildman–Crippen MR) is 53.7 cm³/mol. The molecule has 0 rings (SSSR count). The van der Waals surface area contributed by atoms with Gasteiger partial charge in [-0.25, -0.2) is 0 Å². The summed E-state index contributed by atoms with van der Waals surface area (Å²) in [5.41, 5.74) is 0.